The van der Waals surface area contributed by atoms with Gasteiger partial charge in [-0.3, -0.25) is 4.57 Å². The molecule has 13 aromatic rings. The van der Waals surface area contributed by atoms with E-state index < -0.39 is 0 Å². The minimum absolute atomic E-state index is 0.652. The highest BCUT2D eigenvalue weighted by molar-refractivity contribution is 6.29. The van der Waals surface area contributed by atoms with Gasteiger partial charge < -0.3 is 9.13 Å². The average Bonchev–Trinajstić information content (AvgIpc) is 3.94. The van der Waals surface area contributed by atoms with Crippen molar-refractivity contribution >= 4 is 87.1 Å². The summed E-state index contributed by atoms with van der Waals surface area (Å²) in [7, 11) is 0. The Balaban J connectivity index is 1.07. The topological polar surface area (TPSA) is 40.6 Å². The van der Waals surface area contributed by atoms with E-state index in [9.17, 15) is 0 Å². The normalized spacial score (nSPS) is 12.1. The first-order valence-electron chi connectivity index (χ1n) is 20.1. The largest absolute Gasteiger partial charge is 0.309 e. The molecule has 4 heterocycles. The van der Waals surface area contributed by atoms with Crippen molar-refractivity contribution in [3.05, 3.63) is 200 Å². The van der Waals surface area contributed by atoms with Crippen molar-refractivity contribution in [3.8, 4) is 28.6 Å². The molecule has 5 nitrogen and oxygen atoms in total. The predicted octanol–water partition coefficient (Wildman–Crippen LogP) is 13.7. The standard InChI is InChI=1S/C54H33N5/c1-2-17-35(18-3-1)57-46-27-12-8-22-41(46)51-49(57)31-32-50-52(51)42-23-9-13-28-47(42)58(50)36-29-30-48-43(33-36)38-20-7-11-26-45(38)59(48)54-55-44-25-10-6-21-40(44)53(56-54)39-24-14-16-34-15-4-5-19-37(34)39/h1-33H. The first-order valence-corrected chi connectivity index (χ1v) is 20.1. The molecular weight excluding hydrogens is 719 g/mol. The van der Waals surface area contributed by atoms with Crippen molar-refractivity contribution in [1.82, 2.24) is 23.7 Å². The number of hydrogen-bond acceptors (Lipinski definition) is 2. The van der Waals surface area contributed by atoms with Crippen LogP contribution in [0.1, 0.15) is 0 Å². The maximum absolute atomic E-state index is 5.44. The van der Waals surface area contributed by atoms with E-state index in [4.69, 9.17) is 9.97 Å². The summed E-state index contributed by atoms with van der Waals surface area (Å²) in [6.07, 6.45) is 0. The van der Waals surface area contributed by atoms with E-state index in [0.717, 1.165) is 55.3 Å². The molecule has 0 N–H and O–H groups in total. The van der Waals surface area contributed by atoms with Crippen LogP contribution in [0.15, 0.2) is 200 Å². The molecule has 0 unspecified atom stereocenters. The molecule has 0 bridgehead atoms. The van der Waals surface area contributed by atoms with Crippen molar-refractivity contribution in [3.63, 3.8) is 0 Å². The van der Waals surface area contributed by atoms with Crippen molar-refractivity contribution in [1.29, 1.82) is 0 Å². The number of rotatable bonds is 4. The van der Waals surface area contributed by atoms with Crippen molar-refractivity contribution in [2.24, 2.45) is 0 Å². The Hall–Kier alpha value is -8.02. The molecule has 13 rings (SSSR count). The number of nitrogens with zero attached hydrogens (tertiary/aromatic N) is 5. The number of benzene rings is 9. The first-order chi connectivity index (χ1) is 29.3. The zero-order chi connectivity index (χ0) is 38.6. The van der Waals surface area contributed by atoms with E-state index in [1.165, 1.54) is 54.4 Å². The minimum atomic E-state index is 0.652. The van der Waals surface area contributed by atoms with Crippen LogP contribution in [0, 0.1) is 0 Å². The van der Waals surface area contributed by atoms with Gasteiger partial charge in [0.05, 0.1) is 44.3 Å². The second-order valence-electron chi connectivity index (χ2n) is 15.4. The fourth-order valence-electron chi connectivity index (χ4n) is 9.77. The van der Waals surface area contributed by atoms with E-state index in [2.05, 4.69) is 214 Å². The highest BCUT2D eigenvalue weighted by Crippen LogP contribution is 2.43. The van der Waals surface area contributed by atoms with Gasteiger partial charge in [0.1, 0.15) is 0 Å². The van der Waals surface area contributed by atoms with Crippen LogP contribution < -0.4 is 0 Å². The fourth-order valence-corrected chi connectivity index (χ4v) is 9.77. The summed E-state index contributed by atoms with van der Waals surface area (Å²) in [4.78, 5) is 10.7. The summed E-state index contributed by atoms with van der Waals surface area (Å²) in [5, 5.41) is 10.7. The molecule has 4 aromatic heterocycles. The monoisotopic (exact) mass is 751 g/mol. The molecule has 0 atom stereocenters. The summed E-state index contributed by atoms with van der Waals surface area (Å²) < 4.78 is 7.08. The lowest BCUT2D eigenvalue weighted by molar-refractivity contribution is 1.01. The summed E-state index contributed by atoms with van der Waals surface area (Å²) in [5.41, 5.74) is 12.1. The Morgan fingerprint density at radius 3 is 1.56 bits per heavy atom. The van der Waals surface area contributed by atoms with Gasteiger partial charge in [-0.1, -0.05) is 133 Å². The summed E-state index contributed by atoms with van der Waals surface area (Å²) >= 11 is 0. The van der Waals surface area contributed by atoms with E-state index in [0.29, 0.717) is 5.95 Å². The van der Waals surface area contributed by atoms with Gasteiger partial charge in [-0.2, -0.15) is 0 Å². The van der Waals surface area contributed by atoms with Crippen molar-refractivity contribution in [2.45, 2.75) is 0 Å². The van der Waals surface area contributed by atoms with Crippen molar-refractivity contribution in [2.75, 3.05) is 0 Å². The van der Waals surface area contributed by atoms with Crippen LogP contribution >= 0.6 is 0 Å². The number of para-hydroxylation sites is 5. The zero-order valence-electron chi connectivity index (χ0n) is 31.8. The zero-order valence-corrected chi connectivity index (χ0v) is 31.8. The lowest BCUT2D eigenvalue weighted by Crippen LogP contribution is -2.03. The maximum Gasteiger partial charge on any atom is 0.235 e. The molecule has 0 amide bonds. The molecule has 0 radical (unpaired) electrons. The molecule has 0 saturated carbocycles. The second kappa shape index (κ2) is 12.2. The van der Waals surface area contributed by atoms with Crippen molar-refractivity contribution < 1.29 is 0 Å². The number of aromatic nitrogens is 5. The Morgan fingerprint density at radius 2 is 0.831 bits per heavy atom. The predicted molar refractivity (Wildman–Crippen MR) is 245 cm³/mol. The van der Waals surface area contributed by atoms with Gasteiger partial charge in [0.15, 0.2) is 0 Å². The Bertz CT molecular complexity index is 3840. The quantitative estimate of drug-likeness (QED) is 0.180. The molecule has 0 aliphatic heterocycles. The molecule has 5 heteroatoms. The summed E-state index contributed by atoms with van der Waals surface area (Å²) in [6, 6.07) is 71.8. The van der Waals surface area contributed by atoms with Gasteiger partial charge in [-0.25, -0.2) is 9.97 Å². The fraction of sp³-hybridized carbons (Fsp3) is 0. The molecule has 0 saturated heterocycles. The lowest BCUT2D eigenvalue weighted by atomic mass is 9.99. The van der Waals surface area contributed by atoms with Crippen LogP contribution in [0.5, 0.6) is 0 Å². The summed E-state index contributed by atoms with van der Waals surface area (Å²) in [6.45, 7) is 0. The van der Waals surface area contributed by atoms with E-state index in [1.54, 1.807) is 0 Å². The van der Waals surface area contributed by atoms with Gasteiger partial charge in [-0.05, 0) is 77.5 Å². The molecule has 59 heavy (non-hydrogen) atoms. The van der Waals surface area contributed by atoms with Crippen LogP contribution in [0.2, 0.25) is 0 Å². The Morgan fingerprint density at radius 1 is 0.305 bits per heavy atom. The molecule has 0 aliphatic rings. The molecular formula is C54H33N5. The maximum atomic E-state index is 5.44. The molecule has 0 aliphatic carbocycles. The Kier molecular flexibility index (Phi) is 6.66. The SMILES string of the molecule is c1ccc(-n2c3ccccc3c3c4c5ccccc5n(-c5ccc6c(c5)c5ccccc5n6-c5nc(-c6cccc7ccccc67)c6ccccc6n5)c4ccc32)cc1. The van der Waals surface area contributed by atoms with Gasteiger partial charge in [0.2, 0.25) is 5.95 Å². The third kappa shape index (κ3) is 4.55. The van der Waals surface area contributed by atoms with Gasteiger partial charge in [0, 0.05) is 54.6 Å². The highest BCUT2D eigenvalue weighted by atomic mass is 15.2. The number of hydrogen-bond donors (Lipinski definition) is 0. The van der Waals surface area contributed by atoms with E-state index >= 15 is 0 Å². The smallest absolute Gasteiger partial charge is 0.235 e. The first kappa shape index (κ1) is 32.1. The third-order valence-electron chi connectivity index (χ3n) is 12.2. The minimum Gasteiger partial charge on any atom is -0.309 e. The van der Waals surface area contributed by atoms with Gasteiger partial charge >= 0.3 is 0 Å². The molecule has 0 fully saturated rings. The van der Waals surface area contributed by atoms with Crippen LogP contribution in [-0.4, -0.2) is 23.7 Å². The third-order valence-corrected chi connectivity index (χ3v) is 12.2. The Labute approximate surface area is 338 Å². The number of fused-ring (bicyclic) bond motifs is 12. The average molecular weight is 752 g/mol. The summed E-state index contributed by atoms with van der Waals surface area (Å²) in [5.74, 6) is 0.652. The molecule has 0 spiro atoms. The van der Waals surface area contributed by atoms with Gasteiger partial charge in [0.25, 0.3) is 0 Å². The highest BCUT2D eigenvalue weighted by Gasteiger charge is 2.22. The van der Waals surface area contributed by atoms with Crippen LogP contribution in [-0.2, 0) is 0 Å². The molecule has 9 aromatic carbocycles. The van der Waals surface area contributed by atoms with Crippen LogP contribution in [0.25, 0.3) is 116 Å². The van der Waals surface area contributed by atoms with Crippen LogP contribution in [0.4, 0.5) is 0 Å². The second-order valence-corrected chi connectivity index (χ2v) is 15.4. The van der Waals surface area contributed by atoms with E-state index in [1.807, 2.05) is 0 Å². The van der Waals surface area contributed by atoms with Gasteiger partial charge in [-0.15, -0.1) is 0 Å². The van der Waals surface area contributed by atoms with E-state index in [-0.39, 0.29) is 0 Å². The molecule has 274 valence electrons. The van der Waals surface area contributed by atoms with Crippen LogP contribution in [0.3, 0.4) is 0 Å². The lowest BCUT2D eigenvalue weighted by Gasteiger charge is -2.13.